The van der Waals surface area contributed by atoms with Crippen LogP contribution in [0, 0.1) is 12.7 Å². The highest BCUT2D eigenvalue weighted by atomic mass is 19.1. The largest absolute Gasteiger partial charge is 0.329 e. The third-order valence-electron chi connectivity index (χ3n) is 3.53. The smallest absolute Gasteiger partial charge is 0.126 e. The van der Waals surface area contributed by atoms with Crippen LogP contribution in [0.15, 0.2) is 18.2 Å². The van der Waals surface area contributed by atoms with Gasteiger partial charge in [-0.05, 0) is 37.0 Å². The first-order valence-corrected chi connectivity index (χ1v) is 6.68. The maximum atomic E-state index is 13.6. The van der Waals surface area contributed by atoms with Crippen molar-refractivity contribution in [2.45, 2.75) is 32.2 Å². The first-order valence-electron chi connectivity index (χ1n) is 6.68. The quantitative estimate of drug-likeness (QED) is 0.861. The van der Waals surface area contributed by atoms with Crippen LogP contribution in [0.4, 0.5) is 4.39 Å². The number of aryl methyl sites for hydroxylation is 1. The van der Waals surface area contributed by atoms with E-state index in [1.54, 1.807) is 13.0 Å². The van der Waals surface area contributed by atoms with E-state index in [9.17, 15) is 4.39 Å². The third-order valence-corrected chi connectivity index (χ3v) is 3.53. The molecule has 2 rings (SSSR count). The molecule has 0 saturated carbocycles. The van der Waals surface area contributed by atoms with Crippen LogP contribution in [-0.4, -0.2) is 24.6 Å². The van der Waals surface area contributed by atoms with Crippen molar-refractivity contribution >= 4 is 0 Å². The number of piperidine rings is 1. The van der Waals surface area contributed by atoms with E-state index in [-0.39, 0.29) is 11.9 Å². The molecule has 100 valence electrons. The predicted octanol–water partition coefficient (Wildman–Crippen LogP) is 2.12. The van der Waals surface area contributed by atoms with Gasteiger partial charge in [0.05, 0.1) is 6.04 Å². The van der Waals surface area contributed by atoms with E-state index in [1.165, 1.54) is 19.3 Å². The van der Waals surface area contributed by atoms with Crippen LogP contribution in [0.5, 0.6) is 0 Å². The lowest BCUT2D eigenvalue weighted by atomic mass is 10.1. The molecule has 4 heteroatoms. The number of hydrogen-bond donors (Lipinski definition) is 2. The Morgan fingerprint density at radius 2 is 2.06 bits per heavy atom. The van der Waals surface area contributed by atoms with Gasteiger partial charge in [0.15, 0.2) is 0 Å². The van der Waals surface area contributed by atoms with Crippen molar-refractivity contribution in [1.82, 2.24) is 10.4 Å². The number of nitrogens with two attached hydrogens (primary N) is 1. The normalized spacial score (nSPS) is 18.8. The van der Waals surface area contributed by atoms with Crippen LogP contribution in [0.1, 0.15) is 36.4 Å². The zero-order valence-electron chi connectivity index (χ0n) is 11.0. The van der Waals surface area contributed by atoms with E-state index in [1.807, 2.05) is 12.1 Å². The van der Waals surface area contributed by atoms with Crippen molar-refractivity contribution in [2.75, 3.05) is 19.6 Å². The summed E-state index contributed by atoms with van der Waals surface area (Å²) in [6.07, 6.45) is 3.73. The van der Waals surface area contributed by atoms with Gasteiger partial charge in [-0.2, -0.15) is 0 Å². The van der Waals surface area contributed by atoms with Crippen LogP contribution in [0.2, 0.25) is 0 Å². The van der Waals surface area contributed by atoms with Gasteiger partial charge in [0.25, 0.3) is 0 Å². The minimum atomic E-state index is -0.161. The van der Waals surface area contributed by atoms with Crippen molar-refractivity contribution in [3.05, 3.63) is 35.1 Å². The molecule has 0 aliphatic carbocycles. The van der Waals surface area contributed by atoms with E-state index in [0.29, 0.717) is 12.1 Å². The lowest BCUT2D eigenvalue weighted by Gasteiger charge is -2.31. The van der Waals surface area contributed by atoms with Crippen molar-refractivity contribution < 1.29 is 4.39 Å². The molecule has 1 fully saturated rings. The first-order chi connectivity index (χ1) is 8.70. The molecule has 1 aliphatic heterocycles. The average Bonchev–Trinajstić information content (AvgIpc) is 2.40. The van der Waals surface area contributed by atoms with Crippen LogP contribution in [0.3, 0.4) is 0 Å². The first kappa shape index (κ1) is 13.5. The minimum Gasteiger partial charge on any atom is -0.329 e. The second kappa shape index (κ2) is 6.27. The summed E-state index contributed by atoms with van der Waals surface area (Å²) in [5.74, 6) is -0.161. The average molecular weight is 251 g/mol. The Kier molecular flexibility index (Phi) is 4.69. The van der Waals surface area contributed by atoms with Gasteiger partial charge in [-0.1, -0.05) is 18.6 Å². The molecule has 1 aromatic carbocycles. The van der Waals surface area contributed by atoms with E-state index >= 15 is 0 Å². The van der Waals surface area contributed by atoms with Crippen LogP contribution in [0.25, 0.3) is 0 Å². The summed E-state index contributed by atoms with van der Waals surface area (Å²) in [5.41, 5.74) is 10.8. The molecule has 1 aliphatic rings. The molecule has 3 nitrogen and oxygen atoms in total. The molecule has 1 unspecified atom stereocenters. The zero-order valence-corrected chi connectivity index (χ0v) is 11.0. The van der Waals surface area contributed by atoms with Crippen LogP contribution < -0.4 is 11.2 Å². The molecule has 0 radical (unpaired) electrons. The summed E-state index contributed by atoms with van der Waals surface area (Å²) < 4.78 is 13.6. The summed E-state index contributed by atoms with van der Waals surface area (Å²) in [7, 11) is 0. The van der Waals surface area contributed by atoms with Gasteiger partial charge in [0, 0.05) is 19.6 Å². The fourth-order valence-corrected chi connectivity index (χ4v) is 2.33. The Morgan fingerprint density at radius 1 is 1.33 bits per heavy atom. The molecule has 0 aromatic heterocycles. The highest BCUT2D eigenvalue weighted by Gasteiger charge is 2.16. The number of rotatable bonds is 4. The lowest BCUT2D eigenvalue weighted by molar-refractivity contribution is 0.130. The van der Waals surface area contributed by atoms with E-state index < -0.39 is 0 Å². The summed E-state index contributed by atoms with van der Waals surface area (Å²) >= 11 is 0. The number of nitrogens with zero attached hydrogens (tertiary/aromatic N) is 1. The minimum absolute atomic E-state index is 0.00167. The number of halogens is 1. The van der Waals surface area contributed by atoms with E-state index in [4.69, 9.17) is 5.73 Å². The van der Waals surface area contributed by atoms with Crippen molar-refractivity contribution in [3.8, 4) is 0 Å². The summed E-state index contributed by atoms with van der Waals surface area (Å²) in [5, 5.41) is 2.21. The highest BCUT2D eigenvalue weighted by molar-refractivity contribution is 5.26. The topological polar surface area (TPSA) is 41.3 Å². The lowest BCUT2D eigenvalue weighted by Crippen LogP contribution is -2.45. The van der Waals surface area contributed by atoms with Crippen LogP contribution in [-0.2, 0) is 0 Å². The third kappa shape index (κ3) is 3.28. The molecular formula is C14H22FN3. The molecular weight excluding hydrogens is 229 g/mol. The second-order valence-corrected chi connectivity index (χ2v) is 4.97. The summed E-state index contributed by atoms with van der Waals surface area (Å²) in [4.78, 5) is 0. The van der Waals surface area contributed by atoms with Gasteiger partial charge in [0.1, 0.15) is 5.82 Å². The van der Waals surface area contributed by atoms with Gasteiger partial charge in [-0.3, -0.25) is 0 Å². The molecule has 1 heterocycles. The van der Waals surface area contributed by atoms with Crippen molar-refractivity contribution in [1.29, 1.82) is 0 Å². The zero-order chi connectivity index (χ0) is 13.0. The fraction of sp³-hybridized carbons (Fsp3) is 0.571. The number of hydrogen-bond acceptors (Lipinski definition) is 3. The summed E-state index contributed by atoms with van der Waals surface area (Å²) in [6, 6.07) is 5.35. The highest BCUT2D eigenvalue weighted by Crippen LogP contribution is 2.17. The number of benzene rings is 1. The standard InChI is InChI=1S/C14H22FN3/c1-11-5-6-12(9-13(11)15)14(10-16)17-18-7-3-2-4-8-18/h5-6,9,14,17H,2-4,7-8,10,16H2,1H3. The Hall–Kier alpha value is -0.970. The van der Waals surface area contributed by atoms with Crippen LogP contribution >= 0.6 is 0 Å². The molecule has 1 aromatic rings. The Bertz CT molecular complexity index is 389. The SMILES string of the molecule is Cc1ccc(C(CN)NN2CCCCC2)cc1F. The van der Waals surface area contributed by atoms with Gasteiger partial charge in [-0.15, -0.1) is 0 Å². The Balaban J connectivity index is 2.04. The molecule has 0 amide bonds. The molecule has 0 spiro atoms. The molecule has 1 saturated heterocycles. The Morgan fingerprint density at radius 3 is 2.67 bits per heavy atom. The fourth-order valence-electron chi connectivity index (χ4n) is 2.33. The van der Waals surface area contributed by atoms with E-state index in [0.717, 1.165) is 18.7 Å². The van der Waals surface area contributed by atoms with Gasteiger partial charge in [0.2, 0.25) is 0 Å². The Labute approximate surface area is 108 Å². The number of nitrogens with one attached hydrogen (secondary N) is 1. The second-order valence-electron chi connectivity index (χ2n) is 4.97. The van der Waals surface area contributed by atoms with Gasteiger partial charge in [-0.25, -0.2) is 14.8 Å². The van der Waals surface area contributed by atoms with E-state index in [2.05, 4.69) is 10.4 Å². The predicted molar refractivity (Wildman–Crippen MR) is 71.5 cm³/mol. The molecule has 3 N–H and O–H groups in total. The maximum Gasteiger partial charge on any atom is 0.126 e. The van der Waals surface area contributed by atoms with Gasteiger partial charge >= 0.3 is 0 Å². The maximum absolute atomic E-state index is 13.6. The molecule has 18 heavy (non-hydrogen) atoms. The number of hydrazine groups is 1. The molecule has 0 bridgehead atoms. The molecule has 1 atom stereocenters. The monoisotopic (exact) mass is 251 g/mol. The van der Waals surface area contributed by atoms with Gasteiger partial charge < -0.3 is 5.73 Å². The van der Waals surface area contributed by atoms with Crippen molar-refractivity contribution in [2.24, 2.45) is 5.73 Å². The van der Waals surface area contributed by atoms with Crippen molar-refractivity contribution in [3.63, 3.8) is 0 Å². The summed E-state index contributed by atoms with van der Waals surface area (Å²) in [6.45, 7) is 4.34.